The van der Waals surface area contributed by atoms with Crippen LogP contribution in [0.4, 0.5) is 5.69 Å². The van der Waals surface area contributed by atoms with Crippen LogP contribution in [0.2, 0.25) is 5.15 Å². The van der Waals surface area contributed by atoms with Crippen LogP contribution in [0.5, 0.6) is 0 Å². The molecule has 1 amide bonds. The highest BCUT2D eigenvalue weighted by Crippen LogP contribution is 2.36. The molecule has 3 rings (SSSR count). The number of carboxylic acids is 1. The number of carbonyl (C=O) groups excluding carboxylic acids is 1. The van der Waals surface area contributed by atoms with Gasteiger partial charge in [-0.05, 0) is 31.2 Å². The maximum absolute atomic E-state index is 12.4. The topological polar surface area (TPSA) is 79.3 Å². The third-order valence-corrected chi connectivity index (χ3v) is 4.78. The van der Waals surface area contributed by atoms with E-state index in [4.69, 9.17) is 11.6 Å². The molecule has 0 radical (unpaired) electrons. The number of nitrogens with zero attached hydrogens (tertiary/aromatic N) is 1. The Morgan fingerprint density at radius 2 is 2.04 bits per heavy atom. The van der Waals surface area contributed by atoms with E-state index in [1.165, 1.54) is 17.5 Å². The van der Waals surface area contributed by atoms with Crippen LogP contribution in [0.3, 0.4) is 0 Å². The van der Waals surface area contributed by atoms with E-state index in [1.807, 2.05) is 13.0 Å². The first-order chi connectivity index (χ1) is 12.0. The second-order valence-corrected chi connectivity index (χ2v) is 6.62. The van der Waals surface area contributed by atoms with Crippen molar-refractivity contribution in [1.29, 1.82) is 0 Å². The molecule has 0 aliphatic rings. The third kappa shape index (κ3) is 3.70. The third-order valence-electron chi connectivity index (χ3n) is 3.52. The molecule has 0 aliphatic carbocycles. The van der Waals surface area contributed by atoms with Gasteiger partial charge in [0.2, 0.25) is 0 Å². The van der Waals surface area contributed by atoms with Gasteiger partial charge in [0.1, 0.15) is 10.7 Å². The van der Waals surface area contributed by atoms with Gasteiger partial charge in [0.05, 0.1) is 10.6 Å². The number of benzene rings is 1. The first-order valence-corrected chi connectivity index (χ1v) is 8.56. The zero-order valence-electron chi connectivity index (χ0n) is 13.1. The number of thiophene rings is 1. The Labute approximate surface area is 152 Å². The maximum atomic E-state index is 12.4. The number of halogens is 1. The fourth-order valence-electron chi connectivity index (χ4n) is 2.37. The van der Waals surface area contributed by atoms with Crippen LogP contribution in [0.15, 0.2) is 48.0 Å². The minimum Gasteiger partial charge on any atom is -0.478 e. The van der Waals surface area contributed by atoms with Gasteiger partial charge in [0.25, 0.3) is 5.91 Å². The number of nitrogens with one attached hydrogen (secondary N) is 1. The Hall–Kier alpha value is -2.70. The zero-order valence-corrected chi connectivity index (χ0v) is 14.7. The van der Waals surface area contributed by atoms with E-state index in [0.29, 0.717) is 21.2 Å². The minimum atomic E-state index is -1.12. The summed E-state index contributed by atoms with van der Waals surface area (Å²) < 4.78 is 0. The molecule has 0 unspecified atom stereocenters. The van der Waals surface area contributed by atoms with E-state index in [1.54, 1.807) is 35.7 Å². The Balaban J connectivity index is 1.96. The van der Waals surface area contributed by atoms with Crippen molar-refractivity contribution in [2.75, 3.05) is 5.32 Å². The van der Waals surface area contributed by atoms with E-state index in [0.717, 1.165) is 5.56 Å². The summed E-state index contributed by atoms with van der Waals surface area (Å²) >= 11 is 7.00. The van der Waals surface area contributed by atoms with E-state index >= 15 is 0 Å². The molecule has 0 bridgehead atoms. The van der Waals surface area contributed by atoms with Crippen LogP contribution in [-0.4, -0.2) is 22.0 Å². The molecule has 0 fully saturated rings. The SMILES string of the molecule is Cc1cccc(C(=O)Nc2csc(-c3ccc(Cl)nc3)c2C(=O)O)c1. The lowest BCUT2D eigenvalue weighted by Gasteiger charge is -2.07. The monoisotopic (exact) mass is 372 g/mol. The largest absolute Gasteiger partial charge is 0.478 e. The molecular weight excluding hydrogens is 360 g/mol. The Morgan fingerprint density at radius 3 is 2.68 bits per heavy atom. The summed E-state index contributed by atoms with van der Waals surface area (Å²) in [5.41, 5.74) is 2.34. The second-order valence-electron chi connectivity index (χ2n) is 5.35. The summed E-state index contributed by atoms with van der Waals surface area (Å²) in [6.45, 7) is 1.88. The first-order valence-electron chi connectivity index (χ1n) is 7.30. The van der Waals surface area contributed by atoms with Gasteiger partial charge in [-0.15, -0.1) is 11.3 Å². The van der Waals surface area contributed by atoms with E-state index in [9.17, 15) is 14.7 Å². The van der Waals surface area contributed by atoms with E-state index < -0.39 is 5.97 Å². The van der Waals surface area contributed by atoms with Gasteiger partial charge < -0.3 is 10.4 Å². The van der Waals surface area contributed by atoms with Crippen molar-refractivity contribution in [3.05, 3.63) is 69.8 Å². The summed E-state index contributed by atoms with van der Waals surface area (Å²) in [5.74, 6) is -1.48. The van der Waals surface area contributed by atoms with Crippen LogP contribution in [0.1, 0.15) is 26.3 Å². The second kappa shape index (κ2) is 7.04. The molecule has 25 heavy (non-hydrogen) atoms. The van der Waals surface area contributed by atoms with Gasteiger partial charge in [-0.25, -0.2) is 9.78 Å². The quantitative estimate of drug-likeness (QED) is 0.649. The molecule has 0 aliphatic heterocycles. The number of hydrogen-bond acceptors (Lipinski definition) is 4. The number of anilines is 1. The van der Waals surface area contributed by atoms with Gasteiger partial charge >= 0.3 is 5.97 Å². The molecule has 0 saturated heterocycles. The van der Waals surface area contributed by atoms with Crippen LogP contribution < -0.4 is 5.32 Å². The summed E-state index contributed by atoms with van der Waals surface area (Å²) in [5, 5.41) is 14.2. The lowest BCUT2D eigenvalue weighted by molar-refractivity contribution is 0.0699. The highest BCUT2D eigenvalue weighted by molar-refractivity contribution is 7.14. The van der Waals surface area contributed by atoms with Gasteiger partial charge in [0, 0.05) is 22.7 Å². The Kier molecular flexibility index (Phi) is 4.83. The molecular formula is C18H13ClN2O3S. The predicted octanol–water partition coefficient (Wildman–Crippen LogP) is 4.72. The standard InChI is InChI=1S/C18H13ClN2O3S/c1-10-3-2-4-11(7-10)17(22)21-13-9-25-16(15(13)18(23)24)12-5-6-14(19)20-8-12/h2-9H,1H3,(H,21,22)(H,23,24). The molecule has 0 saturated carbocycles. The number of carboxylic acid groups (broad SMARTS) is 1. The Morgan fingerprint density at radius 1 is 1.24 bits per heavy atom. The first kappa shape index (κ1) is 17.1. The molecule has 2 heterocycles. The number of rotatable bonds is 4. The Bertz CT molecular complexity index is 951. The molecule has 3 aromatic rings. The summed E-state index contributed by atoms with van der Waals surface area (Å²) in [6, 6.07) is 10.4. The summed E-state index contributed by atoms with van der Waals surface area (Å²) in [7, 11) is 0. The molecule has 5 nitrogen and oxygen atoms in total. The number of aromatic carboxylic acids is 1. The highest BCUT2D eigenvalue weighted by atomic mass is 35.5. The fourth-order valence-corrected chi connectivity index (χ4v) is 3.46. The van der Waals surface area contributed by atoms with Gasteiger partial charge in [0.15, 0.2) is 0 Å². The van der Waals surface area contributed by atoms with Crippen molar-refractivity contribution in [3.63, 3.8) is 0 Å². The number of carbonyl (C=O) groups is 2. The van der Waals surface area contributed by atoms with E-state index in [-0.39, 0.29) is 17.2 Å². The van der Waals surface area contributed by atoms with Crippen molar-refractivity contribution in [2.45, 2.75) is 6.92 Å². The van der Waals surface area contributed by atoms with Crippen molar-refractivity contribution < 1.29 is 14.7 Å². The lowest BCUT2D eigenvalue weighted by Crippen LogP contribution is -2.14. The maximum Gasteiger partial charge on any atom is 0.339 e. The van der Waals surface area contributed by atoms with Gasteiger partial charge in [-0.3, -0.25) is 4.79 Å². The smallest absolute Gasteiger partial charge is 0.339 e. The average Bonchev–Trinajstić information content (AvgIpc) is 2.99. The summed E-state index contributed by atoms with van der Waals surface area (Å²) in [6.07, 6.45) is 1.51. The summed E-state index contributed by atoms with van der Waals surface area (Å²) in [4.78, 5) is 28.6. The van der Waals surface area contributed by atoms with Crippen molar-refractivity contribution in [2.24, 2.45) is 0 Å². The molecule has 126 valence electrons. The van der Waals surface area contributed by atoms with E-state index in [2.05, 4.69) is 10.3 Å². The number of aryl methyl sites for hydroxylation is 1. The van der Waals surface area contributed by atoms with Crippen molar-refractivity contribution in [1.82, 2.24) is 4.98 Å². The molecule has 0 spiro atoms. The molecule has 7 heteroatoms. The molecule has 1 aromatic carbocycles. The normalized spacial score (nSPS) is 10.5. The lowest BCUT2D eigenvalue weighted by atomic mass is 10.1. The number of amides is 1. The number of hydrogen-bond donors (Lipinski definition) is 2. The molecule has 0 atom stereocenters. The average molecular weight is 373 g/mol. The van der Waals surface area contributed by atoms with Gasteiger partial charge in [-0.2, -0.15) is 0 Å². The van der Waals surface area contributed by atoms with Crippen molar-refractivity contribution >= 4 is 40.5 Å². The zero-order chi connectivity index (χ0) is 18.0. The number of aromatic nitrogens is 1. The van der Waals surface area contributed by atoms with Crippen LogP contribution in [-0.2, 0) is 0 Å². The molecule has 2 N–H and O–H groups in total. The predicted molar refractivity (Wildman–Crippen MR) is 98.7 cm³/mol. The highest BCUT2D eigenvalue weighted by Gasteiger charge is 2.21. The van der Waals surface area contributed by atoms with Crippen LogP contribution in [0, 0.1) is 6.92 Å². The van der Waals surface area contributed by atoms with Crippen LogP contribution in [0.25, 0.3) is 10.4 Å². The van der Waals surface area contributed by atoms with Gasteiger partial charge in [-0.1, -0.05) is 29.3 Å². The molecule has 2 aromatic heterocycles. The minimum absolute atomic E-state index is 0.0372. The number of pyridine rings is 1. The fraction of sp³-hybridized carbons (Fsp3) is 0.0556. The van der Waals surface area contributed by atoms with Crippen molar-refractivity contribution in [3.8, 4) is 10.4 Å². The van der Waals surface area contributed by atoms with Crippen LogP contribution >= 0.6 is 22.9 Å².